The fraction of sp³-hybridized carbons (Fsp3) is 0.821. The first-order chi connectivity index (χ1) is 48.6. The molecule has 0 aliphatic heterocycles. The molecule has 3 N–H and O–H groups in total. The summed E-state index contributed by atoms with van der Waals surface area (Å²) >= 11 is 0. The van der Waals surface area contributed by atoms with Gasteiger partial charge in [-0.15, -0.1) is 6.58 Å². The normalized spacial score (nSPS) is 11.4. The van der Waals surface area contributed by atoms with Crippen molar-refractivity contribution in [2.45, 2.75) is 247 Å². The topological polar surface area (TPSA) is 162 Å². The first-order valence-corrected chi connectivity index (χ1v) is 40.8. The van der Waals surface area contributed by atoms with Crippen molar-refractivity contribution in [1.82, 2.24) is 59.6 Å². The van der Waals surface area contributed by atoms with Crippen molar-refractivity contribution >= 4 is 29.0 Å². The Morgan fingerprint density at radius 3 is 0.657 bits per heavy atom. The van der Waals surface area contributed by atoms with Gasteiger partial charge in [-0.25, -0.2) is 0 Å². The van der Waals surface area contributed by atoms with Gasteiger partial charge in [-0.1, -0.05) is 122 Å². The molecular weight excluding hydrogens is 1270 g/mol. The quantitative estimate of drug-likeness (QED) is 0.0299. The number of aliphatic hydroxyl groups is 1. The van der Waals surface area contributed by atoms with Crippen LogP contribution in [-0.4, -0.2) is 299 Å². The molecule has 604 valence electrons. The van der Waals surface area contributed by atoms with Crippen molar-refractivity contribution in [3.63, 3.8) is 0 Å². The molecule has 0 aliphatic carbocycles. The Morgan fingerprint density at radius 2 is 0.539 bits per heavy atom. The van der Waals surface area contributed by atoms with E-state index >= 15 is 0 Å². The average molecular weight is 1450 g/mol. The third kappa shape index (κ3) is 80.3. The molecule has 0 heterocycles. The lowest BCUT2D eigenvalue weighted by Gasteiger charge is -2.35. The fourth-order valence-electron chi connectivity index (χ4n) is 11.1. The molecule has 0 bridgehead atoms. The Labute approximate surface area is 633 Å². The maximum absolute atomic E-state index is 11.0. The van der Waals surface area contributed by atoms with E-state index in [-0.39, 0.29) is 35.1 Å². The van der Waals surface area contributed by atoms with Crippen molar-refractivity contribution in [1.29, 1.82) is 0 Å². The minimum atomic E-state index is -0.335. The summed E-state index contributed by atoms with van der Waals surface area (Å²) in [7, 11) is 0. The van der Waals surface area contributed by atoms with Crippen LogP contribution in [0.15, 0.2) is 61.9 Å². The van der Waals surface area contributed by atoms with Crippen molar-refractivity contribution < 1.29 is 29.1 Å². The van der Waals surface area contributed by atoms with Crippen LogP contribution in [0.5, 0.6) is 0 Å². The third-order valence-electron chi connectivity index (χ3n) is 17.0. The summed E-state index contributed by atoms with van der Waals surface area (Å²) in [6, 6.07) is 0. The second-order valence-electron chi connectivity index (χ2n) is 27.8. The number of rotatable bonds is 64. The lowest BCUT2D eigenvalue weighted by molar-refractivity contribution is -0.119. The number of carbonyl (C=O) groups excluding carboxylic acids is 5. The Kier molecular flexibility index (Phi) is 87.0. The molecule has 1 unspecified atom stereocenters. The summed E-state index contributed by atoms with van der Waals surface area (Å²) in [6.07, 6.45) is 19.7. The molecule has 0 aromatic carbocycles. The molecule has 0 aromatic rings. The van der Waals surface area contributed by atoms with Crippen LogP contribution in [0.25, 0.3) is 0 Å². The largest absolute Gasteiger partial charge is 0.393 e. The first kappa shape index (κ1) is 109. The maximum atomic E-state index is 11.0. The Hall–Kier alpha value is -3.79. The van der Waals surface area contributed by atoms with Gasteiger partial charge >= 0.3 is 0 Å². The number of hydrogen-bond donors (Lipinski definition) is 3. The second kappa shape index (κ2) is 81.3. The van der Waals surface area contributed by atoms with E-state index in [1.807, 2.05) is 13.8 Å². The Bertz CT molecular complexity index is 1760. The van der Waals surface area contributed by atoms with Gasteiger partial charge in [0.2, 0.25) is 5.91 Å². The number of aliphatic hydroxyl groups excluding tert-OH is 1. The van der Waals surface area contributed by atoms with Crippen LogP contribution in [0.4, 0.5) is 0 Å². The zero-order chi connectivity index (χ0) is 78.7. The highest BCUT2D eigenvalue weighted by atomic mass is 16.3. The number of ketones is 4. The highest BCUT2D eigenvalue weighted by molar-refractivity contribution is 5.94. The van der Waals surface area contributed by atoms with Gasteiger partial charge in [0.25, 0.3) is 0 Å². The van der Waals surface area contributed by atoms with Crippen molar-refractivity contribution in [2.24, 2.45) is 0 Å². The van der Waals surface area contributed by atoms with Crippen LogP contribution in [0.1, 0.15) is 241 Å². The summed E-state index contributed by atoms with van der Waals surface area (Å²) in [4.78, 5) is 78.9. The molecule has 0 aromatic heterocycles. The van der Waals surface area contributed by atoms with E-state index in [0.29, 0.717) is 43.4 Å². The van der Waals surface area contributed by atoms with Crippen LogP contribution < -0.4 is 10.6 Å². The minimum absolute atomic E-state index is 0.00325. The standard InChI is InChI=1S/C54H120N10.C9H16O2.C7H14N2O.2C5H8O.C4H6O/c1-13-25-55(26-14-2)37-43-61(44-38-56(27-15-3)28-16-4)49-52-64(53-50-62(45-39-57(29-17-5)30-18-6)46-40-58(31-19-7)32-20-8)54-51-63(47-41-59(33-21-9)34-22-10)48-42-60(35-23-11)36-24-12;1-4-8(10)5-6-9(11)7(2)3;1-6(2)8-4-5-9-7(3)10;1-4(2)5(3)6;1-3-4-5(2)6;1-3-4(2)5/h13-54H2,1-12H3;8,10H,2,4-6H2,1,3H3;8H,1,4-5H2,2-3H3,(H,9,10);1H2,2-3H3;3H,1,4H2,2H3;3H,1H2,2H3. The molecule has 0 saturated heterocycles. The predicted molar refractivity (Wildman–Crippen MR) is 447 cm³/mol. The smallest absolute Gasteiger partial charge is 0.216 e. The monoisotopic (exact) mass is 1450 g/mol. The molecule has 0 radical (unpaired) electrons. The van der Waals surface area contributed by atoms with E-state index in [4.69, 9.17) is 5.11 Å². The fourth-order valence-corrected chi connectivity index (χ4v) is 11.1. The molecule has 0 rings (SSSR count). The van der Waals surface area contributed by atoms with Gasteiger partial charge in [0, 0.05) is 156 Å². The van der Waals surface area contributed by atoms with Gasteiger partial charge in [-0.3, -0.25) is 43.6 Å². The second-order valence-corrected chi connectivity index (χ2v) is 27.8. The lowest BCUT2D eigenvalue weighted by Crippen LogP contribution is -2.48. The number of hydrogen-bond acceptors (Lipinski definition) is 17. The zero-order valence-electron chi connectivity index (χ0n) is 71.2. The number of nitrogens with zero attached hydrogens (tertiary/aromatic N) is 10. The van der Waals surface area contributed by atoms with Crippen LogP contribution in [0, 0.1) is 0 Å². The molecule has 18 heteroatoms. The van der Waals surface area contributed by atoms with E-state index in [9.17, 15) is 24.0 Å². The van der Waals surface area contributed by atoms with Gasteiger partial charge in [0.05, 0.1) is 6.10 Å². The number of Topliss-reactive ketones (excluding diaryl/α,β-unsaturated/α-hetero) is 3. The van der Waals surface area contributed by atoms with E-state index < -0.39 is 0 Å². The van der Waals surface area contributed by atoms with Crippen LogP contribution in [0.2, 0.25) is 0 Å². The summed E-state index contributed by atoms with van der Waals surface area (Å²) in [5, 5.41) is 14.8. The molecule has 18 nitrogen and oxygen atoms in total. The van der Waals surface area contributed by atoms with E-state index in [1.165, 1.54) is 281 Å². The molecule has 0 saturated carbocycles. The Morgan fingerprint density at radius 1 is 0.343 bits per heavy atom. The summed E-state index contributed by atoms with van der Waals surface area (Å²) in [6.45, 7) is 95.9. The van der Waals surface area contributed by atoms with E-state index in [1.54, 1.807) is 26.8 Å². The molecule has 0 fully saturated rings. The van der Waals surface area contributed by atoms with Crippen LogP contribution in [0.3, 0.4) is 0 Å². The third-order valence-corrected chi connectivity index (χ3v) is 17.0. The summed E-state index contributed by atoms with van der Waals surface area (Å²) < 4.78 is 0. The van der Waals surface area contributed by atoms with Crippen molar-refractivity contribution in [3.05, 3.63) is 61.9 Å². The highest BCUT2D eigenvalue weighted by Gasteiger charge is 2.19. The number of nitrogens with one attached hydrogen (secondary N) is 2. The maximum Gasteiger partial charge on any atom is 0.216 e. The average Bonchev–Trinajstić information content (AvgIpc) is 0.940. The Balaban J connectivity index is -0.000000483. The van der Waals surface area contributed by atoms with Crippen molar-refractivity contribution in [3.8, 4) is 0 Å². The molecule has 1 atom stereocenters. The predicted octanol–water partition coefficient (Wildman–Crippen LogP) is 13.9. The van der Waals surface area contributed by atoms with Gasteiger partial charge in [-0.05, 0) is 227 Å². The van der Waals surface area contributed by atoms with Gasteiger partial charge < -0.3 is 45.1 Å². The van der Waals surface area contributed by atoms with Gasteiger partial charge in [0.15, 0.2) is 17.3 Å². The van der Waals surface area contributed by atoms with E-state index in [2.05, 4.69) is 176 Å². The highest BCUT2D eigenvalue weighted by Crippen LogP contribution is 2.08. The first-order valence-electron chi connectivity index (χ1n) is 40.8. The number of allylic oxidation sites excluding steroid dienone is 5. The summed E-state index contributed by atoms with van der Waals surface area (Å²) in [5.74, 6) is 0.311. The number of amides is 1. The SMILES string of the molecule is C=C(C)C(=O)CCC(O)CC.C=C(C)C(C)=O.C=C(C)NCCNC(C)=O.C=CC(C)=O.C=CCC(C)=O.CCCN(CCC)CCN(CCN(CCC)CCC)CCN(CCN(CCN(CCC)CCC)CCN(CCC)CCC)CCN(CCN(CCC)CCC)CCN(CCC)CCC. The van der Waals surface area contributed by atoms with Crippen molar-refractivity contribution in [2.75, 3.05) is 209 Å². The van der Waals surface area contributed by atoms with Crippen LogP contribution in [-0.2, 0) is 24.0 Å². The van der Waals surface area contributed by atoms with Crippen LogP contribution >= 0.6 is 0 Å². The lowest BCUT2D eigenvalue weighted by atomic mass is 10.1. The molecule has 0 aliphatic rings. The molecule has 102 heavy (non-hydrogen) atoms. The van der Waals surface area contributed by atoms with Gasteiger partial charge in [0.1, 0.15) is 5.78 Å². The molecule has 0 spiro atoms. The van der Waals surface area contributed by atoms with Gasteiger partial charge in [-0.2, -0.15) is 0 Å². The molecule has 1 amide bonds. The molecular formula is C84H172N12O6. The zero-order valence-corrected chi connectivity index (χ0v) is 71.2. The van der Waals surface area contributed by atoms with E-state index in [0.717, 1.165) is 31.9 Å². The summed E-state index contributed by atoms with van der Waals surface area (Å²) in [5.41, 5.74) is 2.12. The minimum Gasteiger partial charge on any atom is -0.393 e. The number of carbonyl (C=O) groups is 5.